The minimum absolute atomic E-state index is 0.0119. The highest BCUT2D eigenvalue weighted by Crippen LogP contribution is 2.27. The molecule has 5 nitrogen and oxygen atoms in total. The minimum Gasteiger partial charge on any atom is -0.455 e. The molecule has 2 heterocycles. The molecule has 114 valence electrons. The van der Waals surface area contributed by atoms with Crippen LogP contribution < -0.4 is 10.1 Å². The van der Waals surface area contributed by atoms with E-state index in [1.165, 1.54) is 0 Å². The molecule has 1 atom stereocenters. The maximum absolute atomic E-state index is 12.1. The van der Waals surface area contributed by atoms with Gasteiger partial charge >= 0.3 is 0 Å². The number of pyridine rings is 1. The zero-order valence-corrected chi connectivity index (χ0v) is 12.4. The third kappa shape index (κ3) is 3.43. The summed E-state index contributed by atoms with van der Waals surface area (Å²) in [5.41, 5.74) is 1.72. The topological polar surface area (TPSA) is 60.5 Å². The molecule has 22 heavy (non-hydrogen) atoms. The van der Waals surface area contributed by atoms with Crippen LogP contribution in [-0.2, 0) is 9.53 Å². The number of anilines is 1. The third-order valence-corrected chi connectivity index (χ3v) is 3.61. The van der Waals surface area contributed by atoms with Crippen molar-refractivity contribution in [3.8, 4) is 11.5 Å². The zero-order valence-electron chi connectivity index (χ0n) is 12.4. The van der Waals surface area contributed by atoms with Crippen LogP contribution in [0.25, 0.3) is 0 Å². The molecule has 0 spiro atoms. The first-order valence-corrected chi connectivity index (χ1v) is 7.29. The average molecular weight is 298 g/mol. The van der Waals surface area contributed by atoms with Crippen molar-refractivity contribution < 1.29 is 14.3 Å². The summed E-state index contributed by atoms with van der Waals surface area (Å²) in [6, 6.07) is 9.26. The lowest BCUT2D eigenvalue weighted by molar-refractivity contribution is -0.119. The molecule has 1 aromatic carbocycles. The number of carbonyl (C=O) groups is 1. The zero-order chi connectivity index (χ0) is 15.4. The molecule has 0 radical (unpaired) electrons. The molecule has 0 bridgehead atoms. The average Bonchev–Trinajstić information content (AvgIpc) is 3.05. The van der Waals surface area contributed by atoms with Gasteiger partial charge in [0.2, 0.25) is 5.91 Å². The van der Waals surface area contributed by atoms with Crippen LogP contribution in [0.4, 0.5) is 5.69 Å². The van der Waals surface area contributed by atoms with Gasteiger partial charge in [0.05, 0.1) is 18.7 Å². The number of aromatic nitrogens is 1. The minimum atomic E-state index is -0.0494. The van der Waals surface area contributed by atoms with E-state index in [9.17, 15) is 4.79 Å². The van der Waals surface area contributed by atoms with E-state index in [4.69, 9.17) is 9.47 Å². The van der Waals surface area contributed by atoms with Gasteiger partial charge in [0.1, 0.15) is 11.5 Å². The lowest BCUT2D eigenvalue weighted by atomic mass is 10.1. The van der Waals surface area contributed by atoms with E-state index in [1.807, 2.05) is 37.3 Å². The van der Waals surface area contributed by atoms with Gasteiger partial charge < -0.3 is 14.8 Å². The monoisotopic (exact) mass is 298 g/mol. The Balaban J connectivity index is 1.68. The molecule has 2 aromatic rings. The highest BCUT2D eigenvalue weighted by Gasteiger charge is 2.23. The van der Waals surface area contributed by atoms with Crippen molar-refractivity contribution in [1.82, 2.24) is 4.98 Å². The highest BCUT2D eigenvalue weighted by molar-refractivity contribution is 5.93. The fourth-order valence-corrected chi connectivity index (χ4v) is 2.36. The Labute approximate surface area is 129 Å². The standard InChI is InChI=1S/C17H18N2O3/c1-12-9-14(19-17(20)13-6-8-21-11-13)4-5-16(12)22-15-3-2-7-18-10-15/h2-5,7,9-10,13H,6,8,11H2,1H3,(H,19,20)/t13-/m1/s1. The molecule has 1 amide bonds. The number of carbonyl (C=O) groups excluding carboxylic acids is 1. The molecule has 1 aromatic heterocycles. The van der Waals surface area contributed by atoms with Crippen LogP contribution in [0.15, 0.2) is 42.7 Å². The van der Waals surface area contributed by atoms with E-state index in [0.29, 0.717) is 19.0 Å². The molecule has 0 aliphatic carbocycles. The van der Waals surface area contributed by atoms with E-state index in [2.05, 4.69) is 10.3 Å². The summed E-state index contributed by atoms with van der Waals surface area (Å²) in [6.45, 7) is 3.11. The van der Waals surface area contributed by atoms with Crippen LogP contribution >= 0.6 is 0 Å². The van der Waals surface area contributed by atoms with Gasteiger partial charge in [0, 0.05) is 18.5 Å². The Morgan fingerprint density at radius 3 is 3.00 bits per heavy atom. The Bertz CT molecular complexity index is 652. The number of hydrogen-bond acceptors (Lipinski definition) is 4. The number of benzene rings is 1. The summed E-state index contributed by atoms with van der Waals surface area (Å²) in [5.74, 6) is 1.39. The van der Waals surface area contributed by atoms with E-state index in [0.717, 1.165) is 23.4 Å². The maximum Gasteiger partial charge on any atom is 0.229 e. The third-order valence-electron chi connectivity index (χ3n) is 3.61. The van der Waals surface area contributed by atoms with Gasteiger partial charge in [-0.2, -0.15) is 0 Å². The second kappa shape index (κ2) is 6.58. The van der Waals surface area contributed by atoms with Crippen molar-refractivity contribution in [3.63, 3.8) is 0 Å². The van der Waals surface area contributed by atoms with Gasteiger partial charge in [-0.25, -0.2) is 0 Å². The van der Waals surface area contributed by atoms with Gasteiger partial charge in [-0.15, -0.1) is 0 Å². The molecule has 1 saturated heterocycles. The molecule has 1 fully saturated rings. The van der Waals surface area contributed by atoms with Crippen LogP contribution in [0, 0.1) is 12.8 Å². The van der Waals surface area contributed by atoms with E-state index in [1.54, 1.807) is 12.4 Å². The van der Waals surface area contributed by atoms with Crippen LogP contribution in [0.5, 0.6) is 11.5 Å². The predicted molar refractivity (Wildman–Crippen MR) is 83.0 cm³/mol. The first-order valence-electron chi connectivity index (χ1n) is 7.29. The van der Waals surface area contributed by atoms with Gasteiger partial charge in [-0.3, -0.25) is 9.78 Å². The Morgan fingerprint density at radius 2 is 2.32 bits per heavy atom. The van der Waals surface area contributed by atoms with Gasteiger partial charge in [0.15, 0.2) is 0 Å². The summed E-state index contributed by atoms with van der Waals surface area (Å²) in [4.78, 5) is 16.1. The molecule has 1 aliphatic heterocycles. The summed E-state index contributed by atoms with van der Waals surface area (Å²) in [6.07, 6.45) is 4.15. The number of amides is 1. The summed E-state index contributed by atoms with van der Waals surface area (Å²) < 4.78 is 11.0. The molecule has 1 N–H and O–H groups in total. The number of hydrogen-bond donors (Lipinski definition) is 1. The molecule has 0 saturated carbocycles. The van der Waals surface area contributed by atoms with Gasteiger partial charge in [0.25, 0.3) is 0 Å². The van der Waals surface area contributed by atoms with Crippen molar-refractivity contribution in [2.45, 2.75) is 13.3 Å². The SMILES string of the molecule is Cc1cc(NC(=O)[C@@H]2CCOC2)ccc1Oc1cccnc1. The van der Waals surface area contributed by atoms with Gasteiger partial charge in [-0.1, -0.05) is 0 Å². The molecular formula is C17H18N2O3. The summed E-state index contributed by atoms with van der Waals surface area (Å²) in [5, 5.41) is 2.93. The fraction of sp³-hybridized carbons (Fsp3) is 0.294. The van der Waals surface area contributed by atoms with E-state index in [-0.39, 0.29) is 11.8 Å². The maximum atomic E-state index is 12.1. The normalized spacial score (nSPS) is 17.2. The predicted octanol–water partition coefficient (Wildman–Crippen LogP) is 3.16. The number of aryl methyl sites for hydroxylation is 1. The summed E-state index contributed by atoms with van der Waals surface area (Å²) in [7, 11) is 0. The van der Waals surface area contributed by atoms with Crippen molar-refractivity contribution in [3.05, 3.63) is 48.3 Å². The molecule has 3 rings (SSSR count). The Kier molecular flexibility index (Phi) is 4.34. The largest absolute Gasteiger partial charge is 0.455 e. The smallest absolute Gasteiger partial charge is 0.229 e. The molecular weight excluding hydrogens is 280 g/mol. The number of nitrogens with one attached hydrogen (secondary N) is 1. The molecule has 0 unspecified atom stereocenters. The summed E-state index contributed by atoms with van der Waals surface area (Å²) >= 11 is 0. The lowest BCUT2D eigenvalue weighted by Gasteiger charge is -2.12. The van der Waals surface area contributed by atoms with Crippen LogP contribution in [0.1, 0.15) is 12.0 Å². The van der Waals surface area contributed by atoms with E-state index < -0.39 is 0 Å². The number of ether oxygens (including phenoxy) is 2. The first kappa shape index (κ1) is 14.5. The van der Waals surface area contributed by atoms with E-state index >= 15 is 0 Å². The Hall–Kier alpha value is -2.40. The lowest BCUT2D eigenvalue weighted by Crippen LogP contribution is -2.22. The number of nitrogens with zero attached hydrogens (tertiary/aromatic N) is 1. The van der Waals surface area contributed by atoms with Crippen molar-refractivity contribution >= 4 is 11.6 Å². The van der Waals surface area contributed by atoms with Crippen molar-refractivity contribution in [2.75, 3.05) is 18.5 Å². The number of rotatable bonds is 4. The van der Waals surface area contributed by atoms with Crippen molar-refractivity contribution in [1.29, 1.82) is 0 Å². The van der Waals surface area contributed by atoms with Crippen LogP contribution in [0.2, 0.25) is 0 Å². The highest BCUT2D eigenvalue weighted by atomic mass is 16.5. The second-order valence-electron chi connectivity index (χ2n) is 5.32. The molecule has 5 heteroatoms. The fourth-order valence-electron chi connectivity index (χ4n) is 2.36. The quantitative estimate of drug-likeness (QED) is 0.942. The first-order chi connectivity index (χ1) is 10.7. The Morgan fingerprint density at radius 1 is 1.41 bits per heavy atom. The van der Waals surface area contributed by atoms with Crippen LogP contribution in [0.3, 0.4) is 0 Å². The van der Waals surface area contributed by atoms with Crippen LogP contribution in [-0.4, -0.2) is 24.1 Å². The molecule has 1 aliphatic rings. The van der Waals surface area contributed by atoms with Crippen molar-refractivity contribution in [2.24, 2.45) is 5.92 Å². The van der Waals surface area contributed by atoms with Gasteiger partial charge in [-0.05, 0) is 49.2 Å². The second-order valence-corrected chi connectivity index (χ2v) is 5.32.